The van der Waals surface area contributed by atoms with Gasteiger partial charge in [0, 0.05) is 27.1 Å². The second-order valence-electron chi connectivity index (χ2n) is 13.9. The average Bonchev–Trinajstić information content (AvgIpc) is 3.58. The fourth-order valence-corrected chi connectivity index (χ4v) is 15.5. The van der Waals surface area contributed by atoms with Crippen molar-refractivity contribution in [2.24, 2.45) is 0 Å². The summed E-state index contributed by atoms with van der Waals surface area (Å²) in [6.07, 6.45) is 5.88. The van der Waals surface area contributed by atoms with E-state index in [1.165, 1.54) is 21.7 Å². The molecule has 0 radical (unpaired) electrons. The molecule has 0 atom stereocenters. The van der Waals surface area contributed by atoms with Crippen LogP contribution < -0.4 is 5.19 Å². The van der Waals surface area contributed by atoms with Crippen molar-refractivity contribution >= 4 is 69.1 Å². The molecular formula is C43H44N2OSi. The number of furan rings is 1. The normalized spacial score (nSPS) is 12.7. The summed E-state index contributed by atoms with van der Waals surface area (Å²) >= 11 is 0. The van der Waals surface area contributed by atoms with Crippen molar-refractivity contribution in [3.8, 4) is 16.9 Å². The topological polar surface area (TPSA) is 31.0 Å². The Morgan fingerprint density at radius 1 is 0.723 bits per heavy atom. The van der Waals surface area contributed by atoms with Crippen LogP contribution in [0.5, 0.6) is 0 Å². The van der Waals surface area contributed by atoms with E-state index in [0.717, 1.165) is 50.2 Å². The molecule has 3 aromatic heterocycles. The third-order valence-electron chi connectivity index (χ3n) is 10.6. The summed E-state index contributed by atoms with van der Waals surface area (Å²) in [6.45, 7) is 20.6. The summed E-state index contributed by atoms with van der Waals surface area (Å²) in [5.41, 5.74) is 9.54. The number of rotatable bonds is 8. The van der Waals surface area contributed by atoms with Gasteiger partial charge in [0.25, 0.3) is 0 Å². The molecule has 0 N–H and O–H groups in total. The maximum Gasteiger partial charge on any atom is 0.138 e. The van der Waals surface area contributed by atoms with Crippen molar-refractivity contribution in [3.05, 3.63) is 115 Å². The van der Waals surface area contributed by atoms with Crippen molar-refractivity contribution in [1.29, 1.82) is 0 Å². The third-order valence-corrected chi connectivity index (χ3v) is 17.6. The zero-order chi connectivity index (χ0) is 33.0. The Morgan fingerprint density at radius 3 is 2.11 bits per heavy atom. The Kier molecular flexibility index (Phi) is 7.80. The number of pyridine rings is 1. The van der Waals surface area contributed by atoms with Crippen LogP contribution in [0.15, 0.2) is 108 Å². The Balaban J connectivity index is 1.36. The van der Waals surface area contributed by atoms with Gasteiger partial charge in [0.1, 0.15) is 17.2 Å². The van der Waals surface area contributed by atoms with Gasteiger partial charge in [-0.15, -0.1) is 0 Å². The van der Waals surface area contributed by atoms with E-state index in [0.29, 0.717) is 16.6 Å². The van der Waals surface area contributed by atoms with Crippen LogP contribution in [0.2, 0.25) is 16.6 Å². The quantitative estimate of drug-likeness (QED) is 0.156. The van der Waals surface area contributed by atoms with Gasteiger partial charge in [-0.2, -0.15) is 0 Å². The number of aromatic nitrogens is 2. The number of fused-ring (bicyclic) bond motifs is 5. The smallest absolute Gasteiger partial charge is 0.138 e. The molecule has 4 aromatic carbocycles. The van der Waals surface area contributed by atoms with Crippen LogP contribution in [-0.2, 0) is 0 Å². The van der Waals surface area contributed by atoms with E-state index in [4.69, 9.17) is 9.40 Å². The van der Waals surface area contributed by atoms with Crippen LogP contribution >= 0.6 is 0 Å². The summed E-state index contributed by atoms with van der Waals surface area (Å²) in [7, 11) is -1.76. The predicted molar refractivity (Wildman–Crippen MR) is 207 cm³/mol. The average molecular weight is 633 g/mol. The molecule has 0 amide bonds. The lowest BCUT2D eigenvalue weighted by Gasteiger charge is -2.43. The zero-order valence-electron chi connectivity index (χ0n) is 28.6. The highest BCUT2D eigenvalue weighted by Gasteiger charge is 2.44. The minimum Gasteiger partial charge on any atom is -0.456 e. The van der Waals surface area contributed by atoms with Gasteiger partial charge in [0.05, 0.1) is 24.6 Å². The molecule has 4 heteroatoms. The van der Waals surface area contributed by atoms with Gasteiger partial charge in [-0.05, 0) is 89.3 Å². The van der Waals surface area contributed by atoms with E-state index >= 15 is 0 Å². The molecule has 0 aliphatic heterocycles. The van der Waals surface area contributed by atoms with Gasteiger partial charge in [-0.1, -0.05) is 108 Å². The van der Waals surface area contributed by atoms with Gasteiger partial charge in [0.15, 0.2) is 0 Å². The highest BCUT2D eigenvalue weighted by molar-refractivity contribution is 6.95. The lowest BCUT2D eigenvalue weighted by molar-refractivity contribution is 0.603. The van der Waals surface area contributed by atoms with Crippen LogP contribution in [0.25, 0.3) is 72.8 Å². The molecule has 0 saturated heterocycles. The molecule has 0 aliphatic rings. The summed E-state index contributed by atoms with van der Waals surface area (Å²) < 4.78 is 8.43. The van der Waals surface area contributed by atoms with Gasteiger partial charge >= 0.3 is 0 Å². The van der Waals surface area contributed by atoms with Crippen LogP contribution in [0.1, 0.15) is 59.8 Å². The number of nitrogens with zero attached hydrogens (tertiary/aromatic N) is 2. The predicted octanol–water partition coefficient (Wildman–Crippen LogP) is 12.3. The van der Waals surface area contributed by atoms with E-state index in [1.807, 2.05) is 25.2 Å². The van der Waals surface area contributed by atoms with Crippen LogP contribution in [-0.4, -0.2) is 17.6 Å². The lowest BCUT2D eigenvalue weighted by Crippen LogP contribution is -2.55. The second kappa shape index (κ2) is 11.8. The first-order chi connectivity index (χ1) is 22.7. The zero-order valence-corrected chi connectivity index (χ0v) is 29.6. The number of hydrogen-bond acceptors (Lipinski definition) is 2. The first-order valence-corrected chi connectivity index (χ1v) is 19.2. The number of benzene rings is 4. The highest BCUT2D eigenvalue weighted by Crippen LogP contribution is 2.42. The molecule has 7 rings (SSSR count). The van der Waals surface area contributed by atoms with Crippen LogP contribution in [0.3, 0.4) is 0 Å². The highest BCUT2D eigenvalue weighted by atomic mass is 28.3. The third kappa shape index (κ3) is 4.81. The summed E-state index contributed by atoms with van der Waals surface area (Å²) in [6, 6.07) is 33.5. The minimum absolute atomic E-state index is 0.663. The standard InChI is InChI=1S/C43H44N2OSi/c1-9-13-41-34(10-2)37-26-31(17-22-42(37)46-41)30-16-21-40-36(25-30)35-14-11-12-15-39(35)45(40)43-23-18-32-24-33(19-20-38(32)44-43)47(27(3)4,28(5)6)29(7)8/h9-29H,2H2,1,3-8H3/b13-9-. The Bertz CT molecular complexity index is 2310. The molecular weight excluding hydrogens is 589 g/mol. The van der Waals surface area contributed by atoms with E-state index < -0.39 is 8.07 Å². The molecule has 0 saturated carbocycles. The van der Waals surface area contributed by atoms with Gasteiger partial charge in [-0.25, -0.2) is 4.98 Å². The fraction of sp³-hybridized carbons (Fsp3) is 0.233. The van der Waals surface area contributed by atoms with E-state index in [9.17, 15) is 0 Å². The molecule has 3 heterocycles. The molecule has 0 fully saturated rings. The van der Waals surface area contributed by atoms with E-state index in [2.05, 4.69) is 144 Å². The molecule has 0 spiro atoms. The first-order valence-electron chi connectivity index (χ1n) is 17.0. The minimum atomic E-state index is -1.76. The Labute approximate surface area is 279 Å². The second-order valence-corrected chi connectivity index (χ2v) is 19.8. The number of para-hydroxylation sites is 1. The molecule has 47 heavy (non-hydrogen) atoms. The fourth-order valence-electron chi connectivity index (χ4n) is 8.71. The first kappa shape index (κ1) is 31.0. The maximum atomic E-state index is 6.12. The van der Waals surface area contributed by atoms with Crippen LogP contribution in [0.4, 0.5) is 0 Å². The van der Waals surface area contributed by atoms with Crippen LogP contribution in [0, 0.1) is 0 Å². The van der Waals surface area contributed by atoms with Crippen molar-refractivity contribution in [2.75, 3.05) is 0 Å². The monoisotopic (exact) mass is 632 g/mol. The molecule has 236 valence electrons. The SMILES string of the molecule is C=Cc1c(/C=C\C)oc2ccc(-c3ccc4c(c3)c3ccccc3n4-c3ccc4cc([Si](C(C)C)(C(C)C)C(C)C)ccc4n3)cc12. The van der Waals surface area contributed by atoms with E-state index in [1.54, 1.807) is 5.19 Å². The molecule has 7 aromatic rings. The maximum absolute atomic E-state index is 6.12. The van der Waals surface area contributed by atoms with E-state index in [-0.39, 0.29) is 0 Å². The largest absolute Gasteiger partial charge is 0.456 e. The van der Waals surface area contributed by atoms with Gasteiger partial charge < -0.3 is 4.42 Å². The Hall–Kier alpha value is -4.67. The summed E-state index contributed by atoms with van der Waals surface area (Å²) in [5, 5.41) is 6.28. The lowest BCUT2D eigenvalue weighted by atomic mass is 10.00. The molecule has 0 bridgehead atoms. The van der Waals surface area contributed by atoms with Crippen molar-refractivity contribution in [1.82, 2.24) is 9.55 Å². The molecule has 0 aliphatic carbocycles. The summed E-state index contributed by atoms with van der Waals surface area (Å²) in [4.78, 5) is 5.28. The van der Waals surface area contributed by atoms with Gasteiger partial charge in [-0.3, -0.25) is 4.57 Å². The number of allylic oxidation sites excluding steroid dienone is 1. The molecule has 3 nitrogen and oxygen atoms in total. The summed E-state index contributed by atoms with van der Waals surface area (Å²) in [5.74, 6) is 1.78. The Morgan fingerprint density at radius 2 is 1.40 bits per heavy atom. The van der Waals surface area contributed by atoms with Gasteiger partial charge in [0.2, 0.25) is 0 Å². The molecule has 0 unspecified atom stereocenters. The van der Waals surface area contributed by atoms with Crippen molar-refractivity contribution in [2.45, 2.75) is 65.1 Å². The number of hydrogen-bond donors (Lipinski definition) is 0. The van der Waals surface area contributed by atoms with Crippen molar-refractivity contribution in [3.63, 3.8) is 0 Å². The van der Waals surface area contributed by atoms with Crippen molar-refractivity contribution < 1.29 is 4.42 Å².